The molecular formula is C18H19F5N6O2. The van der Waals surface area contributed by atoms with Crippen LogP contribution in [0.2, 0.25) is 0 Å². The Morgan fingerprint density at radius 1 is 1.29 bits per heavy atom. The summed E-state index contributed by atoms with van der Waals surface area (Å²) < 4.78 is 70.3. The number of nitrogens with two attached hydrogens (primary N) is 2. The van der Waals surface area contributed by atoms with Gasteiger partial charge in [-0.2, -0.15) is 13.2 Å². The predicted octanol–water partition coefficient (Wildman–Crippen LogP) is 2.93. The van der Waals surface area contributed by atoms with Crippen molar-refractivity contribution in [1.82, 2.24) is 10.7 Å². The third-order valence-electron chi connectivity index (χ3n) is 4.99. The zero-order valence-corrected chi connectivity index (χ0v) is 15.9. The number of carbonyl (C=O) groups excluding carboxylic acids is 1. The maximum absolute atomic E-state index is 13.8. The van der Waals surface area contributed by atoms with Crippen molar-refractivity contribution in [2.45, 2.75) is 37.3 Å². The van der Waals surface area contributed by atoms with Crippen LogP contribution in [0, 0.1) is 5.92 Å². The maximum Gasteiger partial charge on any atom is 0.436 e. The van der Waals surface area contributed by atoms with Gasteiger partial charge in [-0.1, -0.05) is 29.4 Å². The number of hydrogen-bond donors (Lipinski definition) is 4. The van der Waals surface area contributed by atoms with Crippen LogP contribution in [0.15, 0.2) is 40.0 Å². The number of hydrogen-bond acceptors (Lipinski definition) is 6. The second kappa shape index (κ2) is 8.49. The minimum Gasteiger partial charge on any atom is -0.382 e. The average molecular weight is 446 g/mol. The van der Waals surface area contributed by atoms with Crippen LogP contribution in [0.25, 0.3) is 0 Å². The molecule has 0 bridgehead atoms. The minimum atomic E-state index is -4.75. The fourth-order valence-corrected chi connectivity index (χ4v) is 3.57. The van der Waals surface area contributed by atoms with E-state index in [1.54, 1.807) is 0 Å². The number of amides is 1. The van der Waals surface area contributed by atoms with Crippen molar-refractivity contribution in [3.05, 3.63) is 47.2 Å². The lowest BCUT2D eigenvalue weighted by atomic mass is 9.83. The molecule has 0 spiro atoms. The van der Waals surface area contributed by atoms with Crippen LogP contribution in [-0.4, -0.2) is 22.8 Å². The highest BCUT2D eigenvalue weighted by Gasteiger charge is 2.45. The molecule has 1 aromatic carbocycles. The standard InChI is InChI=1S/C18H19F5N6O2/c19-17(20)6-5-11(8-17)14(9-1-3-10(4-2-9)15(24)27-29-25)16(30)26-13-7-12(28-31-13)18(21,22)23/h1-4,7,11,14,29H,5-6,8,25H2,(H2,24,27)(H,26,30). The van der Waals surface area contributed by atoms with Crippen molar-refractivity contribution in [1.29, 1.82) is 0 Å². The number of hydrazine groups is 1. The lowest BCUT2D eigenvalue weighted by Gasteiger charge is -2.23. The summed E-state index contributed by atoms with van der Waals surface area (Å²) in [6.07, 6.45) is -5.60. The van der Waals surface area contributed by atoms with Crippen molar-refractivity contribution in [3.63, 3.8) is 0 Å². The van der Waals surface area contributed by atoms with E-state index in [1.165, 1.54) is 24.3 Å². The zero-order valence-electron chi connectivity index (χ0n) is 15.9. The lowest BCUT2D eigenvalue weighted by molar-refractivity contribution is -0.142. The molecule has 2 atom stereocenters. The molecule has 0 aliphatic heterocycles. The molecule has 2 unspecified atom stereocenters. The average Bonchev–Trinajstić information content (AvgIpc) is 3.29. The Labute approximate surface area is 172 Å². The lowest BCUT2D eigenvalue weighted by Crippen LogP contribution is -2.27. The fraction of sp³-hybridized carbons (Fsp3) is 0.389. The summed E-state index contributed by atoms with van der Waals surface area (Å²) in [6, 6.07) is 6.59. The quantitative estimate of drug-likeness (QED) is 0.177. The Balaban J connectivity index is 1.87. The molecule has 168 valence electrons. The van der Waals surface area contributed by atoms with E-state index < -0.39 is 47.8 Å². The molecule has 0 radical (unpaired) electrons. The van der Waals surface area contributed by atoms with E-state index in [1.807, 2.05) is 5.53 Å². The van der Waals surface area contributed by atoms with Gasteiger partial charge >= 0.3 is 6.18 Å². The van der Waals surface area contributed by atoms with Gasteiger partial charge in [0.1, 0.15) is 0 Å². The van der Waals surface area contributed by atoms with Crippen LogP contribution < -0.4 is 22.4 Å². The van der Waals surface area contributed by atoms with Crippen LogP contribution in [-0.2, 0) is 11.0 Å². The Morgan fingerprint density at radius 3 is 2.48 bits per heavy atom. The summed E-state index contributed by atoms with van der Waals surface area (Å²) >= 11 is 0. The third-order valence-corrected chi connectivity index (χ3v) is 4.99. The van der Waals surface area contributed by atoms with E-state index in [0.29, 0.717) is 17.2 Å². The van der Waals surface area contributed by atoms with E-state index in [9.17, 15) is 26.7 Å². The number of amidine groups is 1. The molecule has 6 N–H and O–H groups in total. The molecule has 13 heteroatoms. The van der Waals surface area contributed by atoms with Gasteiger partial charge < -0.3 is 10.3 Å². The predicted molar refractivity (Wildman–Crippen MR) is 99.7 cm³/mol. The Kier molecular flexibility index (Phi) is 6.15. The second-order valence-electron chi connectivity index (χ2n) is 7.15. The third kappa shape index (κ3) is 5.29. The van der Waals surface area contributed by atoms with Gasteiger partial charge in [-0.05, 0) is 17.9 Å². The van der Waals surface area contributed by atoms with Crippen LogP contribution in [0.4, 0.5) is 27.8 Å². The smallest absolute Gasteiger partial charge is 0.382 e. The van der Waals surface area contributed by atoms with Gasteiger partial charge in [0.2, 0.25) is 17.7 Å². The van der Waals surface area contributed by atoms with Crippen LogP contribution >= 0.6 is 0 Å². The zero-order chi connectivity index (χ0) is 22.8. The number of rotatable bonds is 6. The number of hydrazone groups is 1. The molecular weight excluding hydrogens is 427 g/mol. The SMILES string of the molecule is NN/N=C(\N)c1ccc(C(C(=O)Nc2cc(C(F)(F)F)no2)C2CCC(F)(F)C2)cc1. The van der Waals surface area contributed by atoms with Crippen molar-refractivity contribution < 1.29 is 31.3 Å². The summed E-state index contributed by atoms with van der Waals surface area (Å²) in [7, 11) is 0. The number of benzene rings is 1. The van der Waals surface area contributed by atoms with Gasteiger partial charge in [0.05, 0.1) is 5.92 Å². The highest BCUT2D eigenvalue weighted by atomic mass is 19.4. The van der Waals surface area contributed by atoms with E-state index >= 15 is 0 Å². The number of alkyl halides is 5. The van der Waals surface area contributed by atoms with E-state index in [4.69, 9.17) is 11.6 Å². The first kappa shape index (κ1) is 22.5. The molecule has 1 aromatic heterocycles. The maximum atomic E-state index is 13.8. The van der Waals surface area contributed by atoms with Gasteiger partial charge in [0, 0.05) is 24.5 Å². The monoisotopic (exact) mass is 446 g/mol. The van der Waals surface area contributed by atoms with Gasteiger partial charge in [-0.3, -0.25) is 10.1 Å². The molecule has 0 saturated heterocycles. The van der Waals surface area contributed by atoms with Crippen LogP contribution in [0.5, 0.6) is 0 Å². The number of nitrogens with one attached hydrogen (secondary N) is 2. The second-order valence-corrected chi connectivity index (χ2v) is 7.15. The highest BCUT2D eigenvalue weighted by molar-refractivity contribution is 5.98. The molecule has 8 nitrogen and oxygen atoms in total. The normalized spacial score (nSPS) is 19.8. The van der Waals surface area contributed by atoms with E-state index in [-0.39, 0.29) is 18.7 Å². The first-order chi connectivity index (χ1) is 14.5. The molecule has 1 fully saturated rings. The van der Waals surface area contributed by atoms with Crippen molar-refractivity contribution in [3.8, 4) is 0 Å². The summed E-state index contributed by atoms with van der Waals surface area (Å²) in [5.74, 6) is -0.916. The highest BCUT2D eigenvalue weighted by Crippen LogP contribution is 2.46. The molecule has 1 aliphatic rings. The summed E-state index contributed by atoms with van der Waals surface area (Å²) in [6.45, 7) is 0. The van der Waals surface area contributed by atoms with Crippen molar-refractivity contribution in [2.24, 2.45) is 22.6 Å². The van der Waals surface area contributed by atoms with E-state index in [2.05, 4.69) is 20.1 Å². The van der Waals surface area contributed by atoms with Crippen molar-refractivity contribution in [2.75, 3.05) is 5.32 Å². The molecule has 2 aromatic rings. The summed E-state index contributed by atoms with van der Waals surface area (Å²) in [4.78, 5) is 12.9. The van der Waals surface area contributed by atoms with Crippen LogP contribution in [0.3, 0.4) is 0 Å². The molecule has 1 aliphatic carbocycles. The number of anilines is 1. The molecule has 3 rings (SSSR count). The number of halogens is 5. The molecule has 31 heavy (non-hydrogen) atoms. The van der Waals surface area contributed by atoms with E-state index in [0.717, 1.165) is 0 Å². The Hall–Kier alpha value is -3.22. The first-order valence-corrected chi connectivity index (χ1v) is 9.12. The number of aromatic nitrogens is 1. The van der Waals surface area contributed by atoms with Gasteiger partial charge in [0.25, 0.3) is 0 Å². The van der Waals surface area contributed by atoms with Gasteiger partial charge in [-0.15, -0.1) is 5.10 Å². The largest absolute Gasteiger partial charge is 0.436 e. The first-order valence-electron chi connectivity index (χ1n) is 9.12. The molecule has 1 heterocycles. The summed E-state index contributed by atoms with van der Waals surface area (Å²) in [5.41, 5.74) is 7.26. The summed E-state index contributed by atoms with van der Waals surface area (Å²) in [5, 5.41) is 8.68. The fourth-order valence-electron chi connectivity index (χ4n) is 3.57. The molecule has 1 saturated carbocycles. The van der Waals surface area contributed by atoms with Gasteiger partial charge in [0.15, 0.2) is 11.5 Å². The van der Waals surface area contributed by atoms with Crippen LogP contribution in [0.1, 0.15) is 42.0 Å². The number of carbonyl (C=O) groups is 1. The Morgan fingerprint density at radius 2 is 1.97 bits per heavy atom. The number of nitrogens with zero attached hydrogens (tertiary/aromatic N) is 2. The minimum absolute atomic E-state index is 0.0591. The van der Waals surface area contributed by atoms with Gasteiger partial charge in [-0.25, -0.2) is 20.2 Å². The Bertz CT molecular complexity index is 957. The topological polar surface area (TPSA) is 132 Å². The van der Waals surface area contributed by atoms with Crippen molar-refractivity contribution >= 4 is 17.6 Å². The molecule has 1 amide bonds.